The minimum atomic E-state index is -0.201. The van der Waals surface area contributed by atoms with Gasteiger partial charge in [-0.25, -0.2) is 4.98 Å². The first-order valence-electron chi connectivity index (χ1n) is 14.5. The van der Waals surface area contributed by atoms with Crippen molar-refractivity contribution < 1.29 is 19.1 Å². The fraction of sp³-hybridized carbons (Fsp3) is 0.424. The van der Waals surface area contributed by atoms with Gasteiger partial charge >= 0.3 is 5.97 Å². The number of hydrogen-bond acceptors (Lipinski definition) is 6. The van der Waals surface area contributed by atoms with Crippen LogP contribution in [0.5, 0.6) is 11.5 Å². The molecule has 1 amide bonds. The Morgan fingerprint density at radius 3 is 2.50 bits per heavy atom. The lowest BCUT2D eigenvalue weighted by Crippen LogP contribution is -2.39. The molecule has 2 aromatic carbocycles. The zero-order valence-electron chi connectivity index (χ0n) is 23.3. The molecule has 7 nitrogen and oxygen atoms in total. The molecule has 1 saturated heterocycles. The number of esters is 1. The molecule has 1 aromatic heterocycles. The number of aromatic nitrogens is 1. The highest BCUT2D eigenvalue weighted by atomic mass is 16.5. The van der Waals surface area contributed by atoms with Crippen molar-refractivity contribution >= 4 is 17.7 Å². The van der Waals surface area contributed by atoms with Crippen LogP contribution >= 0.6 is 0 Å². The summed E-state index contributed by atoms with van der Waals surface area (Å²) in [5.41, 5.74) is 3.35. The predicted molar refractivity (Wildman–Crippen MR) is 156 cm³/mol. The van der Waals surface area contributed by atoms with Crippen LogP contribution in [-0.4, -0.2) is 48.5 Å². The fourth-order valence-electron chi connectivity index (χ4n) is 5.78. The molecule has 1 fully saturated rings. The van der Waals surface area contributed by atoms with Crippen LogP contribution in [0.15, 0.2) is 66.7 Å². The third kappa shape index (κ3) is 7.40. The Balaban J connectivity index is 1.13. The van der Waals surface area contributed by atoms with Crippen LogP contribution in [0.4, 0.5) is 5.82 Å². The van der Waals surface area contributed by atoms with Gasteiger partial charge in [0.15, 0.2) is 0 Å². The average Bonchev–Trinajstić information content (AvgIpc) is 3.00. The number of likely N-dealkylation sites (tertiary alicyclic amines) is 1. The number of hydrogen-bond donors (Lipinski definition) is 1. The molecule has 1 N–H and O–H groups in total. The molecular weight excluding hydrogens is 502 g/mol. The zero-order valence-corrected chi connectivity index (χ0v) is 23.3. The van der Waals surface area contributed by atoms with Crippen molar-refractivity contribution in [3.05, 3.63) is 83.6 Å². The van der Waals surface area contributed by atoms with Gasteiger partial charge in [-0.2, -0.15) is 0 Å². The smallest absolute Gasteiger partial charge is 0.306 e. The number of fused-ring (bicyclic) bond motifs is 1. The predicted octanol–water partition coefficient (Wildman–Crippen LogP) is 6.14. The standard InChI is InChI=1S/C33H39N3O4/c1-39-32(38)23-27(25-10-14-30(15-11-25)40-29-7-3-2-4-8-29)22-24-17-20-36(21-18-24)31(37)16-13-28-12-9-26-6-5-19-34-33(26)35-28/h2-4,7-12,14-15,24,27H,5-6,13,16-23H2,1H3,(H,34,35). The maximum atomic E-state index is 13.0. The van der Waals surface area contributed by atoms with E-state index in [9.17, 15) is 9.59 Å². The molecule has 1 atom stereocenters. The molecule has 40 heavy (non-hydrogen) atoms. The highest BCUT2D eigenvalue weighted by Gasteiger charge is 2.27. The second-order valence-electron chi connectivity index (χ2n) is 10.9. The summed E-state index contributed by atoms with van der Waals surface area (Å²) < 4.78 is 10.9. The molecule has 3 heterocycles. The SMILES string of the molecule is COC(=O)CC(CC1CCN(C(=O)CCc2ccc3c(n2)NCCC3)CC1)c1ccc(Oc2ccccc2)cc1. The number of amides is 1. The van der Waals surface area contributed by atoms with E-state index >= 15 is 0 Å². The molecule has 2 aliphatic heterocycles. The quantitative estimate of drug-likeness (QED) is 0.311. The summed E-state index contributed by atoms with van der Waals surface area (Å²) in [6.45, 7) is 2.49. The summed E-state index contributed by atoms with van der Waals surface area (Å²) in [5, 5.41) is 3.37. The molecule has 0 spiro atoms. The summed E-state index contributed by atoms with van der Waals surface area (Å²) in [4.78, 5) is 31.9. The second-order valence-corrected chi connectivity index (χ2v) is 10.9. The molecule has 7 heteroatoms. The van der Waals surface area contributed by atoms with Crippen LogP contribution < -0.4 is 10.1 Å². The molecule has 1 unspecified atom stereocenters. The molecule has 5 rings (SSSR count). The van der Waals surface area contributed by atoms with Gasteiger partial charge in [-0.05, 0) is 91.8 Å². The number of nitrogens with zero attached hydrogens (tertiary/aromatic N) is 2. The van der Waals surface area contributed by atoms with E-state index in [-0.39, 0.29) is 17.8 Å². The Kier molecular flexibility index (Phi) is 9.32. The van der Waals surface area contributed by atoms with Gasteiger partial charge < -0.3 is 19.7 Å². The van der Waals surface area contributed by atoms with E-state index in [4.69, 9.17) is 14.5 Å². The molecule has 0 aliphatic carbocycles. The van der Waals surface area contributed by atoms with Crippen LogP contribution in [0.1, 0.15) is 61.3 Å². The maximum absolute atomic E-state index is 13.0. The number of carbonyl (C=O) groups excluding carboxylic acids is 2. The molecule has 0 radical (unpaired) electrons. The minimum absolute atomic E-state index is 0.0640. The molecular formula is C33H39N3O4. The lowest BCUT2D eigenvalue weighted by Gasteiger charge is -2.34. The largest absolute Gasteiger partial charge is 0.469 e. The monoisotopic (exact) mass is 541 g/mol. The Labute approximate surface area is 236 Å². The first-order chi connectivity index (χ1) is 19.6. The summed E-state index contributed by atoms with van der Waals surface area (Å²) in [6.07, 6.45) is 6.48. The zero-order chi connectivity index (χ0) is 27.7. The van der Waals surface area contributed by atoms with Gasteiger partial charge in [-0.1, -0.05) is 36.4 Å². The number of nitrogens with one attached hydrogen (secondary N) is 1. The van der Waals surface area contributed by atoms with Gasteiger partial charge in [-0.15, -0.1) is 0 Å². The van der Waals surface area contributed by atoms with Crippen molar-refractivity contribution in [3.8, 4) is 11.5 Å². The van der Waals surface area contributed by atoms with E-state index in [2.05, 4.69) is 29.6 Å². The van der Waals surface area contributed by atoms with Gasteiger partial charge in [0, 0.05) is 31.7 Å². The molecule has 0 saturated carbocycles. The van der Waals surface area contributed by atoms with Crippen molar-refractivity contribution in [1.82, 2.24) is 9.88 Å². The van der Waals surface area contributed by atoms with Crippen molar-refractivity contribution in [1.29, 1.82) is 0 Å². The summed E-state index contributed by atoms with van der Waals surface area (Å²) >= 11 is 0. The number of aryl methyl sites for hydroxylation is 2. The van der Waals surface area contributed by atoms with Gasteiger partial charge in [-0.3, -0.25) is 9.59 Å². The van der Waals surface area contributed by atoms with E-state index in [1.54, 1.807) is 0 Å². The number of methoxy groups -OCH3 is 1. The Hall–Kier alpha value is -3.87. The number of ether oxygens (including phenoxy) is 2. The normalized spacial score (nSPS) is 16.0. The summed E-state index contributed by atoms with van der Waals surface area (Å²) in [6, 6.07) is 21.9. The fourth-order valence-corrected chi connectivity index (χ4v) is 5.78. The van der Waals surface area contributed by atoms with Crippen molar-refractivity contribution in [2.45, 2.75) is 57.3 Å². The van der Waals surface area contributed by atoms with Gasteiger partial charge in [0.25, 0.3) is 0 Å². The van der Waals surface area contributed by atoms with Crippen molar-refractivity contribution in [2.24, 2.45) is 5.92 Å². The average molecular weight is 542 g/mol. The number of pyridine rings is 1. The van der Waals surface area contributed by atoms with Gasteiger partial charge in [0.05, 0.1) is 13.5 Å². The van der Waals surface area contributed by atoms with Crippen LogP contribution in [-0.2, 0) is 27.2 Å². The second kappa shape index (κ2) is 13.5. The lowest BCUT2D eigenvalue weighted by atomic mass is 9.82. The number of para-hydroxylation sites is 1. The molecule has 3 aromatic rings. The van der Waals surface area contributed by atoms with Crippen LogP contribution in [0.2, 0.25) is 0 Å². The third-order valence-electron chi connectivity index (χ3n) is 8.10. The van der Waals surface area contributed by atoms with E-state index in [1.807, 2.05) is 47.4 Å². The van der Waals surface area contributed by atoms with E-state index < -0.39 is 0 Å². The molecule has 0 bridgehead atoms. The maximum Gasteiger partial charge on any atom is 0.306 e. The van der Waals surface area contributed by atoms with E-state index in [1.165, 1.54) is 12.7 Å². The summed E-state index contributed by atoms with van der Waals surface area (Å²) in [5.74, 6) is 3.05. The van der Waals surface area contributed by atoms with Gasteiger partial charge in [0.2, 0.25) is 5.91 Å². The van der Waals surface area contributed by atoms with Crippen LogP contribution in [0.25, 0.3) is 0 Å². The topological polar surface area (TPSA) is 80.8 Å². The summed E-state index contributed by atoms with van der Waals surface area (Å²) in [7, 11) is 1.44. The first kappa shape index (κ1) is 27.7. The first-order valence-corrected chi connectivity index (χ1v) is 14.5. The Bertz CT molecular complexity index is 1270. The van der Waals surface area contributed by atoms with Crippen LogP contribution in [0.3, 0.4) is 0 Å². The van der Waals surface area contributed by atoms with E-state index in [0.717, 1.165) is 80.3 Å². The number of anilines is 1. The number of rotatable bonds is 10. The van der Waals surface area contributed by atoms with Crippen molar-refractivity contribution in [2.75, 3.05) is 32.1 Å². The highest BCUT2D eigenvalue weighted by Crippen LogP contribution is 2.34. The van der Waals surface area contributed by atoms with Crippen molar-refractivity contribution in [3.63, 3.8) is 0 Å². The molecule has 2 aliphatic rings. The number of benzene rings is 2. The number of piperidine rings is 1. The third-order valence-corrected chi connectivity index (χ3v) is 8.10. The molecule has 210 valence electrons. The minimum Gasteiger partial charge on any atom is -0.469 e. The van der Waals surface area contributed by atoms with E-state index in [0.29, 0.717) is 25.2 Å². The van der Waals surface area contributed by atoms with Gasteiger partial charge in [0.1, 0.15) is 17.3 Å². The lowest BCUT2D eigenvalue weighted by molar-refractivity contribution is -0.141. The highest BCUT2D eigenvalue weighted by molar-refractivity contribution is 5.76. The Morgan fingerprint density at radius 2 is 1.75 bits per heavy atom. The number of carbonyl (C=O) groups is 2. The Morgan fingerprint density at radius 1 is 1.00 bits per heavy atom. The van der Waals surface area contributed by atoms with Crippen LogP contribution in [0, 0.1) is 5.92 Å².